The van der Waals surface area contributed by atoms with Gasteiger partial charge in [-0.05, 0) is 81.1 Å². The molecule has 0 heterocycles. The second-order valence-corrected chi connectivity index (χ2v) is 10.9. The Bertz CT molecular complexity index is 1320. The Balaban J connectivity index is 1.75. The summed E-state index contributed by atoms with van der Waals surface area (Å²) >= 11 is 0. The molecule has 3 aromatic rings. The van der Waals surface area contributed by atoms with E-state index in [1.54, 1.807) is 24.3 Å². The fraction of sp³-hybridized carbons (Fsp3) is 0.345. The Morgan fingerprint density at radius 2 is 1.51 bits per heavy atom. The molecule has 0 spiro atoms. The average molecular weight is 525 g/mol. The summed E-state index contributed by atoms with van der Waals surface area (Å²) < 4.78 is 38.0. The fourth-order valence-electron chi connectivity index (χ4n) is 4.19. The fourth-order valence-corrected chi connectivity index (χ4v) is 5.19. The number of benzene rings is 3. The normalized spacial score (nSPS) is 12.1. The molecule has 0 fully saturated rings. The SMILES string of the molecule is CCOc1ccc([C@@H](C)NC(=O)c2ccc(CN(c3c(C)cccc3C)S(C)(=O)=O)cc2)cc1OCC. The Labute approximate surface area is 220 Å². The monoisotopic (exact) mass is 524 g/mol. The maximum absolute atomic E-state index is 12.9. The van der Waals surface area contributed by atoms with Crippen LogP contribution in [0.25, 0.3) is 0 Å². The lowest BCUT2D eigenvalue weighted by molar-refractivity contribution is 0.0939. The lowest BCUT2D eigenvalue weighted by atomic mass is 10.1. The first kappa shape index (κ1) is 28.1. The molecule has 0 saturated heterocycles. The summed E-state index contributed by atoms with van der Waals surface area (Å²) in [5, 5.41) is 3.02. The zero-order chi connectivity index (χ0) is 27.2. The number of sulfonamides is 1. The van der Waals surface area contributed by atoms with Crippen molar-refractivity contribution in [3.05, 3.63) is 88.5 Å². The molecule has 0 aliphatic heterocycles. The van der Waals surface area contributed by atoms with Crippen molar-refractivity contribution >= 4 is 21.6 Å². The van der Waals surface area contributed by atoms with Crippen molar-refractivity contribution in [1.29, 1.82) is 0 Å². The van der Waals surface area contributed by atoms with E-state index in [9.17, 15) is 13.2 Å². The summed E-state index contributed by atoms with van der Waals surface area (Å²) in [7, 11) is -3.51. The van der Waals surface area contributed by atoms with Gasteiger partial charge in [0.2, 0.25) is 10.0 Å². The van der Waals surface area contributed by atoms with Gasteiger partial charge in [-0.25, -0.2) is 8.42 Å². The molecule has 198 valence electrons. The van der Waals surface area contributed by atoms with Crippen LogP contribution in [-0.4, -0.2) is 33.8 Å². The van der Waals surface area contributed by atoms with Crippen molar-refractivity contribution in [3.63, 3.8) is 0 Å². The van der Waals surface area contributed by atoms with Crippen LogP contribution < -0.4 is 19.1 Å². The van der Waals surface area contributed by atoms with Crippen LogP contribution in [0, 0.1) is 13.8 Å². The molecule has 8 heteroatoms. The minimum absolute atomic E-state index is 0.176. The molecule has 0 bridgehead atoms. The quantitative estimate of drug-likeness (QED) is 0.355. The third kappa shape index (κ3) is 7.04. The number of rotatable bonds is 11. The highest BCUT2D eigenvalue weighted by atomic mass is 32.2. The Morgan fingerprint density at radius 1 is 0.919 bits per heavy atom. The van der Waals surface area contributed by atoms with E-state index in [2.05, 4.69) is 5.32 Å². The average Bonchev–Trinajstić information content (AvgIpc) is 2.84. The van der Waals surface area contributed by atoms with E-state index in [1.165, 1.54) is 10.6 Å². The van der Waals surface area contributed by atoms with Crippen LogP contribution in [0.1, 0.15) is 59.4 Å². The molecule has 0 aromatic heterocycles. The van der Waals surface area contributed by atoms with Gasteiger partial charge in [-0.3, -0.25) is 9.10 Å². The Hall–Kier alpha value is -3.52. The van der Waals surface area contributed by atoms with Gasteiger partial charge in [0, 0.05) is 5.56 Å². The first-order chi connectivity index (χ1) is 17.5. The molecule has 1 atom stereocenters. The van der Waals surface area contributed by atoms with Crippen LogP contribution in [0.4, 0.5) is 5.69 Å². The van der Waals surface area contributed by atoms with Crippen LogP contribution in [0.15, 0.2) is 60.7 Å². The van der Waals surface area contributed by atoms with E-state index in [0.717, 1.165) is 22.3 Å². The van der Waals surface area contributed by atoms with Gasteiger partial charge < -0.3 is 14.8 Å². The van der Waals surface area contributed by atoms with Crippen molar-refractivity contribution < 1.29 is 22.7 Å². The van der Waals surface area contributed by atoms with Crippen molar-refractivity contribution in [2.45, 2.75) is 47.2 Å². The number of aryl methyl sites for hydroxylation is 2. The van der Waals surface area contributed by atoms with Crippen molar-refractivity contribution in [2.24, 2.45) is 0 Å². The summed E-state index contributed by atoms with van der Waals surface area (Å²) in [4.78, 5) is 12.9. The van der Waals surface area contributed by atoms with Gasteiger partial charge in [0.15, 0.2) is 11.5 Å². The van der Waals surface area contributed by atoms with Gasteiger partial charge in [-0.2, -0.15) is 0 Å². The van der Waals surface area contributed by atoms with Crippen LogP contribution in [-0.2, 0) is 16.6 Å². The smallest absolute Gasteiger partial charge is 0.251 e. The number of anilines is 1. The molecule has 37 heavy (non-hydrogen) atoms. The maximum atomic E-state index is 12.9. The molecule has 0 saturated carbocycles. The number of nitrogens with one attached hydrogen (secondary N) is 1. The standard InChI is InChI=1S/C29H36N2O5S/c1-7-35-26-17-16-25(18-27(26)36-8-2)22(5)30-29(32)24-14-12-23(13-15-24)19-31(37(6,33)34)28-20(3)10-9-11-21(28)4/h9-18,22H,7-8,19H2,1-6H3,(H,30,32)/t22-/m1/s1. The lowest BCUT2D eigenvalue weighted by Crippen LogP contribution is -2.30. The van der Waals surface area contributed by atoms with Crippen LogP contribution in [0.5, 0.6) is 11.5 Å². The second kappa shape index (κ2) is 12.1. The van der Waals surface area contributed by atoms with E-state index in [1.807, 2.05) is 71.0 Å². The van der Waals surface area contributed by atoms with Gasteiger partial charge in [-0.15, -0.1) is 0 Å². The zero-order valence-corrected chi connectivity index (χ0v) is 23.2. The number of amides is 1. The van der Waals surface area contributed by atoms with Gasteiger partial charge in [0.05, 0.1) is 37.7 Å². The molecule has 0 radical (unpaired) electrons. The molecule has 3 aromatic carbocycles. The van der Waals surface area contributed by atoms with E-state index < -0.39 is 10.0 Å². The molecule has 3 rings (SSSR count). The molecule has 7 nitrogen and oxygen atoms in total. The molecular formula is C29H36N2O5S. The number of hydrogen-bond donors (Lipinski definition) is 1. The van der Waals surface area contributed by atoms with Crippen molar-refractivity contribution in [1.82, 2.24) is 5.32 Å². The van der Waals surface area contributed by atoms with Gasteiger partial charge >= 0.3 is 0 Å². The van der Waals surface area contributed by atoms with Crippen LogP contribution >= 0.6 is 0 Å². The number of ether oxygens (including phenoxy) is 2. The highest BCUT2D eigenvalue weighted by molar-refractivity contribution is 7.92. The summed E-state index contributed by atoms with van der Waals surface area (Å²) in [6.07, 6.45) is 1.21. The van der Waals surface area contributed by atoms with E-state index in [0.29, 0.717) is 36.0 Å². The highest BCUT2D eigenvalue weighted by Crippen LogP contribution is 2.31. The third-order valence-electron chi connectivity index (χ3n) is 6.05. The number of hydrogen-bond acceptors (Lipinski definition) is 5. The molecule has 0 unspecified atom stereocenters. The minimum Gasteiger partial charge on any atom is -0.490 e. The lowest BCUT2D eigenvalue weighted by Gasteiger charge is -2.26. The van der Waals surface area contributed by atoms with E-state index >= 15 is 0 Å². The summed E-state index contributed by atoms with van der Waals surface area (Å²) in [5.41, 5.74) is 4.63. The number of para-hydroxylation sites is 1. The Morgan fingerprint density at radius 3 is 2.08 bits per heavy atom. The second-order valence-electron chi connectivity index (χ2n) is 8.97. The summed E-state index contributed by atoms with van der Waals surface area (Å²) in [5.74, 6) is 1.10. The van der Waals surface area contributed by atoms with Gasteiger partial charge in [0.1, 0.15) is 0 Å². The van der Waals surface area contributed by atoms with Gasteiger partial charge in [-0.1, -0.05) is 36.4 Å². The maximum Gasteiger partial charge on any atom is 0.251 e. The van der Waals surface area contributed by atoms with E-state index in [4.69, 9.17) is 9.47 Å². The number of carbonyl (C=O) groups excluding carboxylic acids is 1. The highest BCUT2D eigenvalue weighted by Gasteiger charge is 2.22. The predicted octanol–water partition coefficient (Wildman–Crippen LogP) is 5.56. The largest absolute Gasteiger partial charge is 0.490 e. The van der Waals surface area contributed by atoms with Gasteiger partial charge in [0.25, 0.3) is 5.91 Å². The summed E-state index contributed by atoms with van der Waals surface area (Å²) in [6, 6.07) is 18.1. The molecule has 1 N–H and O–H groups in total. The molecule has 0 aliphatic rings. The number of nitrogens with zero attached hydrogens (tertiary/aromatic N) is 1. The Kier molecular flexibility index (Phi) is 9.21. The molecule has 0 aliphatic carbocycles. The predicted molar refractivity (Wildman–Crippen MR) is 148 cm³/mol. The minimum atomic E-state index is -3.51. The third-order valence-corrected chi connectivity index (χ3v) is 7.16. The van der Waals surface area contributed by atoms with E-state index in [-0.39, 0.29) is 18.5 Å². The molecular weight excluding hydrogens is 488 g/mol. The molecule has 1 amide bonds. The number of carbonyl (C=O) groups is 1. The van der Waals surface area contributed by atoms with Crippen molar-refractivity contribution in [2.75, 3.05) is 23.8 Å². The van der Waals surface area contributed by atoms with Crippen molar-refractivity contribution in [3.8, 4) is 11.5 Å². The summed E-state index contributed by atoms with van der Waals surface area (Å²) in [6.45, 7) is 10.8. The van der Waals surface area contributed by atoms with Crippen LogP contribution in [0.2, 0.25) is 0 Å². The zero-order valence-electron chi connectivity index (χ0n) is 22.4. The topological polar surface area (TPSA) is 84.9 Å². The first-order valence-corrected chi connectivity index (χ1v) is 14.2. The first-order valence-electron chi connectivity index (χ1n) is 12.4. The van der Waals surface area contributed by atoms with Crippen LogP contribution in [0.3, 0.4) is 0 Å².